The Morgan fingerprint density at radius 2 is 2.00 bits per heavy atom. The Morgan fingerprint density at radius 1 is 1.26 bits per heavy atom. The molecule has 0 atom stereocenters. The molecule has 31 heavy (non-hydrogen) atoms. The molecule has 2 fully saturated rings. The molecule has 11 heteroatoms. The van der Waals surface area contributed by atoms with E-state index in [1.165, 1.54) is 30.5 Å². The lowest BCUT2D eigenvalue weighted by molar-refractivity contribution is 0.260. The molecule has 10 nitrogen and oxygen atoms in total. The fourth-order valence-corrected chi connectivity index (χ4v) is 5.48. The summed E-state index contributed by atoms with van der Waals surface area (Å²) in [6, 6.07) is 3.32. The maximum absolute atomic E-state index is 13.1. The number of anilines is 2. The molecule has 0 amide bonds. The lowest BCUT2D eigenvalue weighted by Crippen LogP contribution is -2.48. The molecule has 0 bridgehead atoms. The quantitative estimate of drug-likeness (QED) is 0.626. The molecule has 2 aromatic rings. The number of methoxy groups -OCH3 is 1. The van der Waals surface area contributed by atoms with Crippen molar-refractivity contribution in [1.29, 1.82) is 0 Å². The van der Waals surface area contributed by atoms with Gasteiger partial charge in [-0.1, -0.05) is 0 Å². The first-order valence-corrected chi connectivity index (χ1v) is 11.9. The molecule has 4 heterocycles. The van der Waals surface area contributed by atoms with Crippen LogP contribution in [0.4, 0.5) is 11.8 Å². The molecule has 168 valence electrons. The largest absolute Gasteiger partial charge is 0.493 e. The molecule has 2 aliphatic rings. The number of rotatable bonds is 8. The van der Waals surface area contributed by atoms with Gasteiger partial charge in [0.15, 0.2) is 11.6 Å². The Bertz CT molecular complexity index is 1020. The minimum atomic E-state index is -3.66. The van der Waals surface area contributed by atoms with Crippen LogP contribution in [0.2, 0.25) is 0 Å². The molecular weight excluding hydrogens is 418 g/mol. The number of pyridine rings is 1. The van der Waals surface area contributed by atoms with E-state index in [1.54, 1.807) is 18.3 Å². The van der Waals surface area contributed by atoms with Gasteiger partial charge in [-0.25, -0.2) is 23.4 Å². The molecule has 0 spiro atoms. The molecule has 2 N–H and O–H groups in total. The minimum absolute atomic E-state index is 0.00548. The SMILES string of the molecule is COc1cc(S(=O)(=O)N2CC(c3ccnc(N)n3)C2)cnc1N(C)CCN1CCCC1. The molecule has 0 saturated carbocycles. The van der Waals surface area contributed by atoms with Crippen LogP contribution < -0.4 is 15.4 Å². The fourth-order valence-electron chi connectivity index (χ4n) is 3.99. The number of likely N-dealkylation sites (N-methyl/N-ethyl adjacent to an activating group) is 1. The van der Waals surface area contributed by atoms with Gasteiger partial charge in [0.2, 0.25) is 16.0 Å². The number of ether oxygens (including phenoxy) is 1. The van der Waals surface area contributed by atoms with E-state index in [2.05, 4.69) is 19.9 Å². The van der Waals surface area contributed by atoms with Gasteiger partial charge in [0.1, 0.15) is 4.90 Å². The third-order valence-corrected chi connectivity index (χ3v) is 7.74. The number of hydrogen-bond acceptors (Lipinski definition) is 9. The Labute approximate surface area is 183 Å². The zero-order valence-electron chi connectivity index (χ0n) is 17.9. The van der Waals surface area contributed by atoms with Crippen LogP contribution in [0.15, 0.2) is 29.4 Å². The first-order chi connectivity index (χ1) is 14.9. The molecule has 2 aromatic heterocycles. The summed E-state index contributed by atoms with van der Waals surface area (Å²) < 4.78 is 33.0. The predicted octanol–water partition coefficient (Wildman–Crippen LogP) is 0.783. The number of likely N-dealkylation sites (tertiary alicyclic amines) is 1. The second-order valence-electron chi connectivity index (χ2n) is 8.03. The number of nitrogens with two attached hydrogens (primary N) is 1. The first-order valence-electron chi connectivity index (χ1n) is 10.4. The van der Waals surface area contributed by atoms with E-state index in [1.807, 2.05) is 11.9 Å². The Hall–Kier alpha value is -2.50. The fraction of sp³-hybridized carbons (Fsp3) is 0.550. The molecule has 0 radical (unpaired) electrons. The molecule has 2 saturated heterocycles. The Kier molecular flexibility index (Phi) is 6.26. The van der Waals surface area contributed by atoms with Gasteiger partial charge in [0, 0.05) is 57.6 Å². The van der Waals surface area contributed by atoms with E-state index < -0.39 is 10.0 Å². The van der Waals surface area contributed by atoms with Crippen LogP contribution in [0.1, 0.15) is 24.5 Å². The van der Waals surface area contributed by atoms with Crippen LogP contribution >= 0.6 is 0 Å². The summed E-state index contributed by atoms with van der Waals surface area (Å²) in [6.45, 7) is 4.70. The summed E-state index contributed by atoms with van der Waals surface area (Å²) >= 11 is 0. The lowest BCUT2D eigenvalue weighted by atomic mass is 9.99. The maximum Gasteiger partial charge on any atom is 0.244 e. The Balaban J connectivity index is 1.44. The number of hydrogen-bond donors (Lipinski definition) is 1. The van der Waals surface area contributed by atoms with Crippen molar-refractivity contribution >= 4 is 21.8 Å². The van der Waals surface area contributed by atoms with Gasteiger partial charge in [-0.2, -0.15) is 4.31 Å². The zero-order valence-corrected chi connectivity index (χ0v) is 18.8. The van der Waals surface area contributed by atoms with Gasteiger partial charge in [-0.05, 0) is 32.0 Å². The van der Waals surface area contributed by atoms with Gasteiger partial charge in [-0.3, -0.25) is 0 Å². The van der Waals surface area contributed by atoms with E-state index in [9.17, 15) is 8.42 Å². The second kappa shape index (κ2) is 8.93. The lowest BCUT2D eigenvalue weighted by Gasteiger charge is -2.37. The van der Waals surface area contributed by atoms with Crippen molar-refractivity contribution in [2.75, 3.05) is 64.1 Å². The van der Waals surface area contributed by atoms with E-state index in [0.29, 0.717) is 24.7 Å². The summed E-state index contributed by atoms with van der Waals surface area (Å²) in [5, 5.41) is 0. The van der Waals surface area contributed by atoms with Crippen LogP contribution in [0, 0.1) is 0 Å². The van der Waals surface area contributed by atoms with Gasteiger partial charge in [-0.15, -0.1) is 0 Å². The topological polar surface area (TPSA) is 118 Å². The van der Waals surface area contributed by atoms with Crippen molar-refractivity contribution < 1.29 is 13.2 Å². The highest BCUT2D eigenvalue weighted by molar-refractivity contribution is 7.89. The van der Waals surface area contributed by atoms with Crippen molar-refractivity contribution in [1.82, 2.24) is 24.2 Å². The third-order valence-electron chi connectivity index (χ3n) is 5.94. The molecule has 0 aromatic carbocycles. The zero-order chi connectivity index (χ0) is 22.0. The monoisotopic (exact) mass is 447 g/mol. The first kappa shape index (κ1) is 21.7. The average Bonchev–Trinajstić information content (AvgIpc) is 3.24. The highest BCUT2D eigenvalue weighted by atomic mass is 32.2. The summed E-state index contributed by atoms with van der Waals surface area (Å²) in [5.41, 5.74) is 6.39. The standard InChI is InChI=1S/C20H29N7O3S/c1-25(9-10-26-7-3-4-8-26)19-18(30-2)11-16(12-23-19)31(28,29)27-13-15(14-27)17-5-6-22-20(21)24-17/h5-6,11-12,15H,3-4,7-10,13-14H2,1-2H3,(H2,21,22,24). The predicted molar refractivity (Wildman–Crippen MR) is 118 cm³/mol. The molecule has 0 aliphatic carbocycles. The number of sulfonamides is 1. The van der Waals surface area contributed by atoms with Gasteiger partial charge in [0.25, 0.3) is 0 Å². The van der Waals surface area contributed by atoms with Gasteiger partial charge < -0.3 is 20.3 Å². The van der Waals surface area contributed by atoms with E-state index in [-0.39, 0.29) is 16.8 Å². The Morgan fingerprint density at radius 3 is 2.68 bits per heavy atom. The van der Waals surface area contributed by atoms with Crippen LogP contribution in [0.3, 0.4) is 0 Å². The van der Waals surface area contributed by atoms with E-state index in [0.717, 1.165) is 31.9 Å². The number of nitrogen functional groups attached to an aromatic ring is 1. The van der Waals surface area contributed by atoms with Crippen LogP contribution in [-0.4, -0.2) is 86.0 Å². The maximum atomic E-state index is 13.1. The van der Waals surface area contributed by atoms with Crippen molar-refractivity contribution in [3.05, 3.63) is 30.2 Å². The second-order valence-corrected chi connectivity index (χ2v) is 9.96. The third kappa shape index (κ3) is 4.58. The normalized spacial score (nSPS) is 18.1. The highest BCUT2D eigenvalue weighted by Crippen LogP contribution is 2.34. The number of nitrogens with zero attached hydrogens (tertiary/aromatic N) is 6. The van der Waals surface area contributed by atoms with Gasteiger partial charge >= 0.3 is 0 Å². The summed E-state index contributed by atoms with van der Waals surface area (Å²) in [4.78, 5) is 17.1. The van der Waals surface area contributed by atoms with E-state index in [4.69, 9.17) is 10.5 Å². The molecule has 2 aliphatic heterocycles. The number of aromatic nitrogens is 3. The van der Waals surface area contributed by atoms with Crippen molar-refractivity contribution in [2.24, 2.45) is 0 Å². The minimum Gasteiger partial charge on any atom is -0.493 e. The van der Waals surface area contributed by atoms with Crippen LogP contribution in [0.5, 0.6) is 5.75 Å². The molecule has 4 rings (SSSR count). The smallest absolute Gasteiger partial charge is 0.244 e. The van der Waals surface area contributed by atoms with Crippen molar-refractivity contribution in [3.63, 3.8) is 0 Å². The van der Waals surface area contributed by atoms with Crippen molar-refractivity contribution in [2.45, 2.75) is 23.7 Å². The summed E-state index contributed by atoms with van der Waals surface area (Å²) in [5.74, 6) is 1.28. The van der Waals surface area contributed by atoms with Crippen LogP contribution in [0.25, 0.3) is 0 Å². The summed E-state index contributed by atoms with van der Waals surface area (Å²) in [7, 11) is -0.185. The average molecular weight is 448 g/mol. The van der Waals surface area contributed by atoms with Gasteiger partial charge in [0.05, 0.1) is 12.8 Å². The summed E-state index contributed by atoms with van der Waals surface area (Å²) in [6.07, 6.45) is 5.50. The van der Waals surface area contributed by atoms with Crippen LogP contribution in [-0.2, 0) is 10.0 Å². The molecular formula is C20H29N7O3S. The van der Waals surface area contributed by atoms with Crippen molar-refractivity contribution in [3.8, 4) is 5.75 Å². The highest BCUT2D eigenvalue weighted by Gasteiger charge is 2.39. The van der Waals surface area contributed by atoms with E-state index >= 15 is 0 Å². The molecule has 0 unspecified atom stereocenters.